The highest BCUT2D eigenvalue weighted by Crippen LogP contribution is 2.41. The van der Waals surface area contributed by atoms with E-state index < -0.39 is 23.0 Å². The second-order valence-corrected chi connectivity index (χ2v) is 27.8. The number of anilines is 2. The number of piperazine rings is 2. The lowest BCUT2D eigenvalue weighted by Crippen LogP contribution is -2.62. The molecule has 6 atom stereocenters. The molecule has 0 radical (unpaired) electrons. The third-order valence-corrected chi connectivity index (χ3v) is 19.4. The second kappa shape index (κ2) is 28.1. The summed E-state index contributed by atoms with van der Waals surface area (Å²) in [4.78, 5) is 102. The number of nitrogens with one attached hydrogen (secondary N) is 6. The van der Waals surface area contributed by atoms with Crippen LogP contribution in [0.2, 0.25) is 10.0 Å². The van der Waals surface area contributed by atoms with Gasteiger partial charge in [0.15, 0.2) is 0 Å². The number of hydrogen-bond acceptors (Lipinski definition) is 16. The maximum atomic E-state index is 14.5. The summed E-state index contributed by atoms with van der Waals surface area (Å²) in [6.45, 7) is 20.7. The van der Waals surface area contributed by atoms with Crippen molar-refractivity contribution in [2.24, 2.45) is 0 Å². The average Bonchev–Trinajstić information content (AvgIpc) is 1.61. The van der Waals surface area contributed by atoms with E-state index >= 15 is 0 Å². The molecule has 0 spiro atoms. The summed E-state index contributed by atoms with van der Waals surface area (Å²) in [6.07, 6.45) is -0.955. The number of H-pyrrole nitrogens is 2. The van der Waals surface area contributed by atoms with Crippen molar-refractivity contribution in [3.8, 4) is 12.1 Å². The lowest BCUT2D eigenvalue weighted by molar-refractivity contribution is -0.139. The molecule has 6 aliphatic heterocycles. The van der Waals surface area contributed by atoms with Gasteiger partial charge in [0, 0.05) is 172 Å². The molecule has 4 fully saturated rings. The van der Waals surface area contributed by atoms with Gasteiger partial charge in [-0.3, -0.25) is 48.4 Å². The van der Waals surface area contributed by atoms with E-state index in [0.29, 0.717) is 158 Å². The maximum absolute atomic E-state index is 14.5. The zero-order valence-corrected chi connectivity index (χ0v) is 54.6. The summed E-state index contributed by atoms with van der Waals surface area (Å²) in [6, 6.07) is 26.0. The Morgan fingerprint density at radius 1 is 0.587 bits per heavy atom. The largest absolute Gasteiger partial charge is 0.366 e. The average molecular weight is 1290 g/mol. The number of carbonyl (C=O) groups excluding carboxylic acids is 4. The van der Waals surface area contributed by atoms with E-state index in [2.05, 4.69) is 76.8 Å². The zero-order chi connectivity index (χ0) is 65.2. The van der Waals surface area contributed by atoms with E-state index in [1.165, 1.54) is 0 Å². The summed E-state index contributed by atoms with van der Waals surface area (Å²) >= 11 is 12.3. The van der Waals surface area contributed by atoms with Crippen molar-refractivity contribution in [1.29, 1.82) is 10.5 Å². The van der Waals surface area contributed by atoms with Crippen LogP contribution in [-0.2, 0) is 65.4 Å². The predicted octanol–water partition coefficient (Wildman–Crippen LogP) is 3.90. The molecule has 0 aliphatic carbocycles. The summed E-state index contributed by atoms with van der Waals surface area (Å²) in [5.74, 6) is -0.577. The van der Waals surface area contributed by atoms with Crippen LogP contribution in [0.5, 0.6) is 0 Å². The topological polar surface area (TPSA) is 268 Å². The highest BCUT2D eigenvalue weighted by atomic mass is 35.5. The Morgan fingerprint density at radius 2 is 0.989 bits per heavy atom. The van der Waals surface area contributed by atoms with Crippen LogP contribution in [0.15, 0.2) is 82.4 Å². The van der Waals surface area contributed by atoms with Crippen molar-refractivity contribution < 1.29 is 28.7 Å². The van der Waals surface area contributed by atoms with Gasteiger partial charge in [0.2, 0.25) is 11.8 Å². The van der Waals surface area contributed by atoms with Gasteiger partial charge in [0.05, 0.1) is 60.9 Å². The molecule has 4 saturated heterocycles. The normalized spacial score (nSPS) is 23.3. The number of aromatic nitrogens is 2. The smallest absolute Gasteiger partial charge is 0.251 e. The Balaban J connectivity index is 0.635. The summed E-state index contributed by atoms with van der Waals surface area (Å²) < 4.78 is 12.0. The van der Waals surface area contributed by atoms with Gasteiger partial charge < -0.3 is 50.5 Å². The van der Waals surface area contributed by atoms with Crippen molar-refractivity contribution in [1.82, 2.24) is 50.8 Å². The lowest BCUT2D eigenvalue weighted by Gasteiger charge is -2.43. The first-order valence-electron chi connectivity index (χ1n) is 31.8. The number of amides is 4. The first kappa shape index (κ1) is 66.1. The number of carbonyl (C=O) groups is 4. The molecule has 0 unspecified atom stereocenters. The van der Waals surface area contributed by atoms with Crippen LogP contribution in [0.1, 0.15) is 97.4 Å². The molecule has 8 heterocycles. The Kier molecular flexibility index (Phi) is 20.2. The van der Waals surface area contributed by atoms with Gasteiger partial charge in [-0.25, -0.2) is 0 Å². The molecule has 22 nitrogen and oxygen atoms in total. The van der Waals surface area contributed by atoms with E-state index in [4.69, 9.17) is 32.7 Å². The molecule has 0 bridgehead atoms. The van der Waals surface area contributed by atoms with E-state index in [1.54, 1.807) is 58.3 Å². The standard InChI is InChI=1S/C68H82Cl2N14O8/c1-41-31-81(37-59(85)83-39-67(3,4)61-55(83)23-47(63(87)77-61)19-45-11-13-51(69)21-49(45)25-71)53(29-73-41)33-79-15-17-91-57(35-79)65(89)75-27-43-7-9-44(10-8-43)28-76-66(90)58-36-80(16-18-92-58)34-54-30-74-42(2)32-82(54)38-60(86)84-40-68(5,6)62-56(84)24-48(64(88)78-62)20-46-12-14-52(70)22-50(46)26-72/h7-14,21-24,41-42,53-54,57-58,73-74H,15-20,27-40H2,1-6H3,(H,75,89)(H,76,90)(H,77,87)(H,78,88)/t41-,42-,53-,54-,57+,58+/m1/s1. The van der Waals surface area contributed by atoms with Gasteiger partial charge >= 0.3 is 0 Å². The lowest BCUT2D eigenvalue weighted by atomic mass is 9.90. The van der Waals surface area contributed by atoms with Crippen molar-refractivity contribution >= 4 is 58.2 Å². The number of ether oxygens (including phenoxy) is 2. The van der Waals surface area contributed by atoms with Crippen LogP contribution in [0.25, 0.3) is 0 Å². The fraction of sp³-hybridized carbons (Fsp3) is 0.500. The Labute approximate surface area is 546 Å². The maximum Gasteiger partial charge on any atom is 0.251 e. The summed E-state index contributed by atoms with van der Waals surface area (Å²) in [7, 11) is 0. The number of nitriles is 2. The van der Waals surface area contributed by atoms with Crippen molar-refractivity contribution in [3.63, 3.8) is 0 Å². The molecular weight excluding hydrogens is 1210 g/mol. The Morgan fingerprint density at radius 3 is 1.38 bits per heavy atom. The first-order valence-corrected chi connectivity index (χ1v) is 32.5. The quantitative estimate of drug-likeness (QED) is 0.0727. The van der Waals surface area contributed by atoms with E-state index in [9.17, 15) is 39.3 Å². The fourth-order valence-corrected chi connectivity index (χ4v) is 14.1. The molecule has 2 aromatic heterocycles. The van der Waals surface area contributed by atoms with Crippen molar-refractivity contribution in [2.75, 3.05) is 115 Å². The number of aromatic amines is 2. The highest BCUT2D eigenvalue weighted by molar-refractivity contribution is 6.31. The molecular formula is C68H82Cl2N14O8. The van der Waals surface area contributed by atoms with Crippen LogP contribution < -0.4 is 42.2 Å². The molecule has 11 rings (SSSR count). The van der Waals surface area contributed by atoms with Crippen molar-refractivity contribution in [3.05, 3.63) is 159 Å². The van der Waals surface area contributed by atoms with Gasteiger partial charge in [0.25, 0.3) is 22.9 Å². The molecule has 4 amide bonds. The van der Waals surface area contributed by atoms with Crippen LogP contribution in [0.3, 0.4) is 0 Å². The molecule has 0 saturated carbocycles. The van der Waals surface area contributed by atoms with Crippen LogP contribution in [0.4, 0.5) is 11.4 Å². The number of morpholine rings is 2. The number of benzene rings is 3. The number of pyridine rings is 2. The third kappa shape index (κ3) is 15.2. The number of fused-ring (bicyclic) bond motifs is 2. The predicted molar refractivity (Wildman–Crippen MR) is 351 cm³/mol. The van der Waals surface area contributed by atoms with Gasteiger partial charge in [-0.1, -0.05) is 87.3 Å². The number of rotatable bonds is 18. The highest BCUT2D eigenvalue weighted by Gasteiger charge is 2.44. The second-order valence-electron chi connectivity index (χ2n) is 27.0. The van der Waals surface area contributed by atoms with E-state index in [1.807, 2.05) is 52.0 Å². The Bertz CT molecular complexity index is 3580. The number of nitrogens with zero attached hydrogens (tertiary/aromatic N) is 8. The first-order chi connectivity index (χ1) is 44.0. The number of halogens is 2. The van der Waals surface area contributed by atoms with Gasteiger partial charge in [-0.05, 0) is 72.5 Å². The SMILES string of the molecule is C[C@@H]1CN(CC(=O)N2CC(C)(C)c3[nH]c(=O)c(Cc4ccc(Cl)cc4C#N)cc32)[C@@H](CN2CCO[C@H](C(=O)NCc3ccc(CNC(=O)[C@@H]4CN(C[C@H]5CN[C@H](C)CN5CC(=O)N5CC(C)(C)c6[nH]c(=O)c(Cc7ccc(Cl)cc7C#N)cc65)CCO4)cc3)C2)CN1. The van der Waals surface area contributed by atoms with Gasteiger partial charge in [-0.2, -0.15) is 10.5 Å². The fourth-order valence-electron chi connectivity index (χ4n) is 13.8. The number of hydrogen-bond donors (Lipinski definition) is 6. The molecule has 6 aliphatic rings. The monoisotopic (exact) mass is 1290 g/mol. The minimum atomic E-state index is -0.685. The summed E-state index contributed by atoms with van der Waals surface area (Å²) in [5, 5.41) is 33.7. The molecule has 3 aromatic carbocycles. The zero-order valence-electron chi connectivity index (χ0n) is 53.1. The minimum Gasteiger partial charge on any atom is -0.366 e. The molecule has 92 heavy (non-hydrogen) atoms. The third-order valence-electron chi connectivity index (χ3n) is 18.9. The van der Waals surface area contributed by atoms with Gasteiger partial charge in [-0.15, -0.1) is 0 Å². The minimum absolute atomic E-state index is 0.0253. The molecule has 486 valence electrons. The molecule has 24 heteroatoms. The van der Waals surface area contributed by atoms with Crippen LogP contribution >= 0.6 is 23.2 Å². The molecule has 6 N–H and O–H groups in total. The van der Waals surface area contributed by atoms with Crippen molar-refractivity contribution in [2.45, 2.75) is 115 Å². The van der Waals surface area contributed by atoms with Gasteiger partial charge in [0.1, 0.15) is 12.2 Å². The van der Waals surface area contributed by atoms with E-state index in [-0.39, 0.29) is 97.9 Å². The van der Waals surface area contributed by atoms with Crippen LogP contribution in [0, 0.1) is 22.7 Å². The Hall–Kier alpha value is -7.32. The molecule has 5 aromatic rings. The van der Waals surface area contributed by atoms with E-state index in [0.717, 1.165) is 11.1 Å². The van der Waals surface area contributed by atoms with Crippen LogP contribution in [-0.4, -0.2) is 194 Å². The summed E-state index contributed by atoms with van der Waals surface area (Å²) in [5.41, 5.74) is 6.05.